The first-order chi connectivity index (χ1) is 4.95. The van der Waals surface area contributed by atoms with Crippen molar-refractivity contribution in [2.75, 3.05) is 7.05 Å². The average Bonchev–Trinajstić information content (AvgIpc) is 1.85. The Morgan fingerprint density at radius 2 is 1.91 bits per heavy atom. The van der Waals surface area contributed by atoms with E-state index in [9.17, 15) is 4.79 Å². The molecule has 0 aliphatic heterocycles. The molecule has 0 saturated heterocycles. The number of carbonyl (C=O) groups excluding carboxylic acids is 1. The molecule has 66 valence electrons. The van der Waals surface area contributed by atoms with E-state index in [2.05, 4.69) is 20.1 Å². The van der Waals surface area contributed by atoms with Gasteiger partial charge < -0.3 is 5.32 Å². The topological polar surface area (TPSA) is 56.8 Å². The van der Waals surface area contributed by atoms with Gasteiger partial charge in [-0.2, -0.15) is 4.89 Å². The van der Waals surface area contributed by atoms with Crippen LogP contribution in [-0.4, -0.2) is 18.7 Å². The molecule has 0 aliphatic rings. The average molecular weight is 163 g/mol. The van der Waals surface area contributed by atoms with Gasteiger partial charge in [0.15, 0.2) is 0 Å². The molecule has 0 saturated carbocycles. The maximum absolute atomic E-state index is 10.4. The third kappa shape index (κ3) is 7.08. The van der Waals surface area contributed by atoms with Crippen LogP contribution in [0.4, 0.5) is 4.79 Å². The van der Waals surface area contributed by atoms with Gasteiger partial charge in [0.25, 0.3) is 0 Å². The number of hydrogen-bond acceptors (Lipinski definition) is 4. The summed E-state index contributed by atoms with van der Waals surface area (Å²) in [6.07, 6.45) is -0.700. The summed E-state index contributed by atoms with van der Waals surface area (Å²) in [5.41, 5.74) is -0.492. The first-order valence-electron chi connectivity index (χ1n) is 3.20. The van der Waals surface area contributed by atoms with Crippen LogP contribution in [0.5, 0.6) is 0 Å². The second-order valence-electron chi connectivity index (χ2n) is 2.88. The standard InChI is InChI=1S/C6H13NO4/c1-6(2,3)10-11-9-5(8)7-4/h1-4H3,(H,7,8). The summed E-state index contributed by atoms with van der Waals surface area (Å²) < 4.78 is 0. The molecular formula is C6H13NO4. The lowest BCUT2D eigenvalue weighted by atomic mass is 10.2. The van der Waals surface area contributed by atoms with Crippen LogP contribution in [0.1, 0.15) is 20.8 Å². The predicted octanol–water partition coefficient (Wildman–Crippen LogP) is 1.00. The zero-order valence-electron chi connectivity index (χ0n) is 7.13. The Labute approximate surface area is 65.5 Å². The van der Waals surface area contributed by atoms with E-state index in [1.165, 1.54) is 7.05 Å². The summed E-state index contributed by atoms with van der Waals surface area (Å²) in [5, 5.41) is 6.32. The monoisotopic (exact) mass is 163 g/mol. The third-order valence-electron chi connectivity index (χ3n) is 0.598. The minimum atomic E-state index is -0.700. The molecule has 0 aromatic heterocycles. The molecule has 0 fully saturated rings. The molecule has 0 heterocycles. The molecule has 0 spiro atoms. The second kappa shape index (κ2) is 4.15. The van der Waals surface area contributed by atoms with Gasteiger partial charge in [0.2, 0.25) is 0 Å². The first-order valence-corrected chi connectivity index (χ1v) is 3.20. The van der Waals surface area contributed by atoms with Gasteiger partial charge in [-0.3, -0.25) is 0 Å². The molecule has 0 aliphatic carbocycles. The Kier molecular flexibility index (Phi) is 3.84. The van der Waals surface area contributed by atoms with Crippen LogP contribution in [0.2, 0.25) is 0 Å². The zero-order valence-corrected chi connectivity index (χ0v) is 7.13. The van der Waals surface area contributed by atoms with E-state index in [-0.39, 0.29) is 0 Å². The van der Waals surface area contributed by atoms with E-state index in [0.717, 1.165) is 0 Å². The fourth-order valence-corrected chi connectivity index (χ4v) is 0.192. The Hall–Kier alpha value is -0.810. The van der Waals surface area contributed by atoms with Crippen molar-refractivity contribution in [3.63, 3.8) is 0 Å². The van der Waals surface area contributed by atoms with Crippen LogP contribution in [0.25, 0.3) is 0 Å². The highest BCUT2D eigenvalue weighted by molar-refractivity contribution is 5.65. The van der Waals surface area contributed by atoms with Crippen molar-refractivity contribution in [1.29, 1.82) is 0 Å². The fourth-order valence-electron chi connectivity index (χ4n) is 0.192. The van der Waals surface area contributed by atoms with Crippen molar-refractivity contribution in [3.05, 3.63) is 0 Å². The van der Waals surface area contributed by atoms with Gasteiger partial charge in [-0.05, 0) is 25.8 Å². The summed E-state index contributed by atoms with van der Waals surface area (Å²) in [6, 6.07) is 0. The minimum Gasteiger partial charge on any atom is -0.322 e. The van der Waals surface area contributed by atoms with Crippen LogP contribution in [0.3, 0.4) is 0 Å². The van der Waals surface area contributed by atoms with Gasteiger partial charge in [0, 0.05) is 7.05 Å². The van der Waals surface area contributed by atoms with E-state index >= 15 is 0 Å². The normalized spacial score (nSPS) is 10.9. The van der Waals surface area contributed by atoms with Crippen molar-refractivity contribution >= 4 is 6.09 Å². The molecule has 0 bridgehead atoms. The maximum atomic E-state index is 10.4. The van der Waals surface area contributed by atoms with Crippen molar-refractivity contribution in [3.8, 4) is 0 Å². The number of nitrogens with one attached hydrogen (secondary N) is 1. The van der Waals surface area contributed by atoms with Gasteiger partial charge in [0.05, 0.1) is 5.60 Å². The molecule has 0 rings (SSSR count). The lowest BCUT2D eigenvalue weighted by Gasteiger charge is -2.14. The van der Waals surface area contributed by atoms with Crippen molar-refractivity contribution in [2.24, 2.45) is 0 Å². The van der Waals surface area contributed by atoms with Crippen LogP contribution in [0.15, 0.2) is 0 Å². The Bertz CT molecular complexity index is 129. The first kappa shape index (κ1) is 10.2. The Morgan fingerprint density at radius 3 is 2.27 bits per heavy atom. The van der Waals surface area contributed by atoms with Crippen LogP contribution < -0.4 is 5.32 Å². The summed E-state index contributed by atoms with van der Waals surface area (Å²) in [6.45, 7) is 5.29. The molecule has 0 unspecified atom stereocenters. The maximum Gasteiger partial charge on any atom is 0.441 e. The molecule has 0 radical (unpaired) electrons. The summed E-state index contributed by atoms with van der Waals surface area (Å²) >= 11 is 0. The van der Waals surface area contributed by atoms with Crippen molar-refractivity contribution in [2.45, 2.75) is 26.4 Å². The van der Waals surface area contributed by atoms with Crippen LogP contribution in [0, 0.1) is 0 Å². The van der Waals surface area contributed by atoms with E-state index in [4.69, 9.17) is 0 Å². The lowest BCUT2D eigenvalue weighted by Crippen LogP contribution is -2.24. The van der Waals surface area contributed by atoms with Gasteiger partial charge in [-0.1, -0.05) is 0 Å². The summed E-state index contributed by atoms with van der Waals surface area (Å²) in [4.78, 5) is 19.1. The number of carbonyl (C=O) groups is 1. The van der Waals surface area contributed by atoms with E-state index < -0.39 is 11.7 Å². The number of rotatable bonds is 2. The second-order valence-corrected chi connectivity index (χ2v) is 2.88. The predicted molar refractivity (Wildman–Crippen MR) is 37.5 cm³/mol. The van der Waals surface area contributed by atoms with Crippen molar-refractivity contribution in [1.82, 2.24) is 5.32 Å². The highest BCUT2D eigenvalue weighted by Gasteiger charge is 2.13. The van der Waals surface area contributed by atoms with Crippen molar-refractivity contribution < 1.29 is 19.6 Å². The summed E-state index contributed by atoms with van der Waals surface area (Å²) in [7, 11) is 1.42. The third-order valence-corrected chi connectivity index (χ3v) is 0.598. The van der Waals surface area contributed by atoms with E-state index in [1.807, 2.05) is 0 Å². The molecule has 1 amide bonds. The molecule has 0 atom stereocenters. The Balaban J connectivity index is 3.35. The van der Waals surface area contributed by atoms with Gasteiger partial charge >= 0.3 is 6.09 Å². The molecule has 5 heteroatoms. The minimum absolute atomic E-state index is 0.492. The molecule has 5 nitrogen and oxygen atoms in total. The quantitative estimate of drug-likeness (QED) is 0.487. The number of amides is 1. The Morgan fingerprint density at radius 1 is 1.36 bits per heavy atom. The summed E-state index contributed by atoms with van der Waals surface area (Å²) in [5.74, 6) is 0. The largest absolute Gasteiger partial charge is 0.441 e. The molecule has 0 aromatic carbocycles. The van der Waals surface area contributed by atoms with Gasteiger partial charge in [-0.15, -0.1) is 0 Å². The SMILES string of the molecule is CNC(=O)OOOC(C)(C)C. The highest BCUT2D eigenvalue weighted by Crippen LogP contribution is 2.06. The van der Waals surface area contributed by atoms with Crippen LogP contribution in [-0.2, 0) is 14.8 Å². The van der Waals surface area contributed by atoms with Gasteiger partial charge in [0.1, 0.15) is 0 Å². The highest BCUT2D eigenvalue weighted by atomic mass is 17.5. The molecular weight excluding hydrogens is 150 g/mol. The lowest BCUT2D eigenvalue weighted by molar-refractivity contribution is -0.510. The molecule has 0 aromatic rings. The smallest absolute Gasteiger partial charge is 0.322 e. The fraction of sp³-hybridized carbons (Fsp3) is 0.833. The van der Waals surface area contributed by atoms with E-state index in [1.54, 1.807) is 20.8 Å². The molecule has 11 heavy (non-hydrogen) atoms. The zero-order chi connectivity index (χ0) is 8.91. The molecule has 1 N–H and O–H groups in total. The van der Waals surface area contributed by atoms with E-state index in [0.29, 0.717) is 0 Å². The van der Waals surface area contributed by atoms with Crippen LogP contribution >= 0.6 is 0 Å². The number of hydrogen-bond donors (Lipinski definition) is 1. The van der Waals surface area contributed by atoms with Gasteiger partial charge in [-0.25, -0.2) is 9.68 Å².